The van der Waals surface area contributed by atoms with Crippen LogP contribution >= 0.6 is 0 Å². The molecule has 1 aliphatic carbocycles. The summed E-state index contributed by atoms with van der Waals surface area (Å²) in [7, 11) is 0. The van der Waals surface area contributed by atoms with Gasteiger partial charge in [0.2, 0.25) is 5.91 Å². The minimum atomic E-state index is -0.644. The van der Waals surface area contributed by atoms with E-state index < -0.39 is 6.10 Å². The van der Waals surface area contributed by atoms with Crippen LogP contribution in [0, 0.1) is 13.8 Å². The Hall–Kier alpha value is -1.59. The molecule has 128 valence electrons. The van der Waals surface area contributed by atoms with Crippen LogP contribution in [0.3, 0.4) is 0 Å². The van der Waals surface area contributed by atoms with E-state index in [2.05, 4.69) is 0 Å². The van der Waals surface area contributed by atoms with E-state index in [1.807, 2.05) is 36.9 Å². The average Bonchev–Trinajstić information content (AvgIpc) is 2.99. The molecule has 1 aromatic carbocycles. The summed E-state index contributed by atoms with van der Waals surface area (Å²) < 4.78 is 5.81. The number of carbonyl (C=O) groups is 1. The molecule has 0 aromatic heterocycles. The zero-order valence-electron chi connectivity index (χ0n) is 14.1. The summed E-state index contributed by atoms with van der Waals surface area (Å²) in [6.45, 7) is 4.82. The molecule has 1 aliphatic rings. The van der Waals surface area contributed by atoms with Crippen molar-refractivity contribution in [2.24, 2.45) is 5.73 Å². The van der Waals surface area contributed by atoms with E-state index in [0.717, 1.165) is 29.7 Å². The number of aryl methyl sites for hydroxylation is 2. The molecule has 1 fully saturated rings. The molecule has 0 heterocycles. The predicted octanol–water partition coefficient (Wildman–Crippen LogP) is 1.77. The number of carbonyl (C=O) groups excluding carboxylic acids is 1. The molecule has 23 heavy (non-hydrogen) atoms. The van der Waals surface area contributed by atoms with Crippen molar-refractivity contribution in [3.05, 3.63) is 29.3 Å². The Kier molecular flexibility index (Phi) is 6.42. The summed E-state index contributed by atoms with van der Waals surface area (Å²) in [4.78, 5) is 13.3. The van der Waals surface area contributed by atoms with E-state index >= 15 is 0 Å². The van der Waals surface area contributed by atoms with E-state index in [1.165, 1.54) is 12.8 Å². The van der Waals surface area contributed by atoms with Gasteiger partial charge in [0.1, 0.15) is 18.5 Å². The number of hydrogen-bond acceptors (Lipinski definition) is 4. The summed E-state index contributed by atoms with van der Waals surface area (Å²) in [5.74, 6) is 0.480. The van der Waals surface area contributed by atoms with E-state index in [-0.39, 0.29) is 19.1 Å². The van der Waals surface area contributed by atoms with Gasteiger partial charge in [-0.3, -0.25) is 9.69 Å². The average molecular weight is 320 g/mol. The van der Waals surface area contributed by atoms with Gasteiger partial charge in [-0.2, -0.15) is 0 Å². The largest absolute Gasteiger partial charge is 0.490 e. The van der Waals surface area contributed by atoms with Crippen molar-refractivity contribution in [2.45, 2.75) is 51.7 Å². The van der Waals surface area contributed by atoms with Gasteiger partial charge in [-0.15, -0.1) is 0 Å². The van der Waals surface area contributed by atoms with Crippen molar-refractivity contribution in [1.82, 2.24) is 4.90 Å². The quantitative estimate of drug-likeness (QED) is 0.765. The Morgan fingerprint density at radius 3 is 2.52 bits per heavy atom. The van der Waals surface area contributed by atoms with Crippen molar-refractivity contribution in [2.75, 3.05) is 19.7 Å². The van der Waals surface area contributed by atoms with Crippen molar-refractivity contribution in [3.63, 3.8) is 0 Å². The van der Waals surface area contributed by atoms with Crippen LogP contribution in [0.4, 0.5) is 0 Å². The molecule has 3 N–H and O–H groups in total. The lowest BCUT2D eigenvalue weighted by atomic mass is 10.1. The van der Waals surface area contributed by atoms with E-state index in [9.17, 15) is 9.90 Å². The molecule has 1 aromatic rings. The van der Waals surface area contributed by atoms with Crippen molar-refractivity contribution >= 4 is 5.91 Å². The smallest absolute Gasteiger partial charge is 0.231 e. The standard InChI is InChI=1S/C18H28N2O3/c1-13-6-5-7-14(2)18(13)23-12-16(21)10-20(11-17(19)22)15-8-3-4-9-15/h5-7,15-16,21H,3-4,8-12H2,1-2H3,(H2,19,22). The highest BCUT2D eigenvalue weighted by molar-refractivity contribution is 5.75. The first-order valence-electron chi connectivity index (χ1n) is 8.37. The number of para-hydroxylation sites is 1. The SMILES string of the molecule is Cc1cccc(C)c1OCC(O)CN(CC(N)=O)C1CCCC1. The lowest BCUT2D eigenvalue weighted by Gasteiger charge is -2.29. The maximum absolute atomic E-state index is 11.3. The monoisotopic (exact) mass is 320 g/mol. The minimum Gasteiger partial charge on any atom is -0.490 e. The number of aliphatic hydroxyl groups is 1. The number of ether oxygens (including phenoxy) is 1. The second-order valence-electron chi connectivity index (χ2n) is 6.52. The maximum atomic E-state index is 11.3. The van der Waals surface area contributed by atoms with Crippen molar-refractivity contribution in [1.29, 1.82) is 0 Å². The van der Waals surface area contributed by atoms with Gasteiger partial charge >= 0.3 is 0 Å². The first-order chi connectivity index (χ1) is 11.0. The maximum Gasteiger partial charge on any atom is 0.231 e. The molecular weight excluding hydrogens is 292 g/mol. The van der Waals surface area contributed by atoms with E-state index in [4.69, 9.17) is 10.5 Å². The van der Waals surface area contributed by atoms with Gasteiger partial charge in [-0.1, -0.05) is 31.0 Å². The van der Waals surface area contributed by atoms with Crippen LogP contribution in [-0.4, -0.2) is 47.8 Å². The number of aliphatic hydroxyl groups excluding tert-OH is 1. The van der Waals surface area contributed by atoms with Crippen molar-refractivity contribution < 1.29 is 14.6 Å². The second-order valence-corrected chi connectivity index (χ2v) is 6.52. The van der Waals surface area contributed by atoms with Gasteiger partial charge in [0.25, 0.3) is 0 Å². The van der Waals surface area contributed by atoms with E-state index in [1.54, 1.807) is 0 Å². The summed E-state index contributed by atoms with van der Waals surface area (Å²) in [5, 5.41) is 10.3. The fraction of sp³-hybridized carbons (Fsp3) is 0.611. The van der Waals surface area contributed by atoms with E-state index in [0.29, 0.717) is 12.6 Å². The van der Waals surface area contributed by atoms with Crippen LogP contribution < -0.4 is 10.5 Å². The number of amides is 1. The molecule has 0 saturated heterocycles. The van der Waals surface area contributed by atoms with Crippen LogP contribution in [0.2, 0.25) is 0 Å². The highest BCUT2D eigenvalue weighted by Crippen LogP contribution is 2.24. The Morgan fingerprint density at radius 1 is 1.35 bits per heavy atom. The summed E-state index contributed by atoms with van der Waals surface area (Å²) in [6.07, 6.45) is 3.84. The van der Waals surface area contributed by atoms with Gasteiger partial charge in [0.15, 0.2) is 0 Å². The molecule has 0 bridgehead atoms. The van der Waals surface area contributed by atoms with Gasteiger partial charge in [0, 0.05) is 12.6 Å². The summed E-state index contributed by atoms with van der Waals surface area (Å²) in [6, 6.07) is 6.32. The number of benzene rings is 1. The number of nitrogens with zero attached hydrogens (tertiary/aromatic N) is 1. The fourth-order valence-electron chi connectivity index (χ4n) is 3.34. The fourth-order valence-corrected chi connectivity index (χ4v) is 3.34. The molecule has 1 unspecified atom stereocenters. The molecular formula is C18H28N2O3. The molecule has 1 atom stereocenters. The normalized spacial score (nSPS) is 16.7. The number of hydrogen-bond donors (Lipinski definition) is 2. The molecule has 1 saturated carbocycles. The third-order valence-electron chi connectivity index (χ3n) is 4.47. The highest BCUT2D eigenvalue weighted by Gasteiger charge is 2.25. The Morgan fingerprint density at radius 2 is 1.96 bits per heavy atom. The van der Waals surface area contributed by atoms with Crippen LogP contribution in [0.5, 0.6) is 5.75 Å². The number of primary amides is 1. The zero-order valence-corrected chi connectivity index (χ0v) is 14.1. The Labute approximate surface area is 138 Å². The lowest BCUT2D eigenvalue weighted by Crippen LogP contribution is -2.45. The number of nitrogens with two attached hydrogens (primary N) is 1. The molecule has 5 heteroatoms. The summed E-state index contributed by atoms with van der Waals surface area (Å²) in [5.41, 5.74) is 7.46. The van der Waals surface area contributed by atoms with Crippen LogP contribution in [-0.2, 0) is 4.79 Å². The lowest BCUT2D eigenvalue weighted by molar-refractivity contribution is -0.120. The minimum absolute atomic E-state index is 0.200. The molecule has 0 spiro atoms. The van der Waals surface area contributed by atoms with Gasteiger partial charge in [-0.25, -0.2) is 0 Å². The first-order valence-corrected chi connectivity index (χ1v) is 8.37. The molecule has 0 radical (unpaired) electrons. The second kappa shape index (κ2) is 8.31. The number of rotatable bonds is 8. The van der Waals surface area contributed by atoms with Gasteiger partial charge in [-0.05, 0) is 37.8 Å². The topological polar surface area (TPSA) is 75.8 Å². The predicted molar refractivity (Wildman–Crippen MR) is 90.4 cm³/mol. The molecule has 0 aliphatic heterocycles. The van der Waals surface area contributed by atoms with Crippen LogP contribution in [0.15, 0.2) is 18.2 Å². The van der Waals surface area contributed by atoms with Gasteiger partial charge in [0.05, 0.1) is 6.54 Å². The Balaban J connectivity index is 1.90. The zero-order chi connectivity index (χ0) is 16.8. The molecule has 1 amide bonds. The Bertz CT molecular complexity index is 507. The molecule has 5 nitrogen and oxygen atoms in total. The van der Waals surface area contributed by atoms with Crippen LogP contribution in [0.1, 0.15) is 36.8 Å². The molecule has 2 rings (SSSR count). The van der Waals surface area contributed by atoms with Crippen molar-refractivity contribution in [3.8, 4) is 5.75 Å². The first kappa shape index (κ1) is 17.8. The third-order valence-corrected chi connectivity index (χ3v) is 4.47. The van der Waals surface area contributed by atoms with Gasteiger partial charge < -0.3 is 15.6 Å². The summed E-state index contributed by atoms with van der Waals surface area (Å²) >= 11 is 0. The third kappa shape index (κ3) is 5.22. The van der Waals surface area contributed by atoms with Crippen LogP contribution in [0.25, 0.3) is 0 Å². The highest BCUT2D eigenvalue weighted by atomic mass is 16.5.